The summed E-state index contributed by atoms with van der Waals surface area (Å²) in [5.41, 5.74) is 3.34. The van der Waals surface area contributed by atoms with Crippen molar-refractivity contribution in [2.75, 3.05) is 25.1 Å². The Morgan fingerprint density at radius 3 is 2.95 bits per heavy atom. The topological polar surface area (TPSA) is 64.9 Å². The monoisotopic (exact) mass is 273 g/mol. The van der Waals surface area contributed by atoms with Crippen LogP contribution in [0, 0.1) is 12.8 Å². The number of nitrogens with one attached hydrogen (secondary N) is 1. The summed E-state index contributed by atoms with van der Waals surface area (Å²) >= 11 is 0. The lowest BCUT2D eigenvalue weighted by Gasteiger charge is -2.23. The van der Waals surface area contributed by atoms with Gasteiger partial charge in [-0.05, 0) is 53.8 Å². The van der Waals surface area contributed by atoms with E-state index in [0.717, 1.165) is 44.0 Å². The fourth-order valence-corrected chi connectivity index (χ4v) is 2.43. The van der Waals surface area contributed by atoms with Gasteiger partial charge in [-0.15, -0.1) is 5.10 Å². The quantitative estimate of drug-likeness (QED) is 0.920. The first kappa shape index (κ1) is 13.1. The van der Waals surface area contributed by atoms with Gasteiger partial charge in [-0.1, -0.05) is 6.07 Å². The molecule has 0 spiro atoms. The van der Waals surface area contributed by atoms with Gasteiger partial charge in [0, 0.05) is 25.4 Å². The van der Waals surface area contributed by atoms with Crippen LogP contribution in [-0.4, -0.2) is 40.0 Å². The van der Waals surface area contributed by atoms with E-state index in [2.05, 4.69) is 39.9 Å². The number of aryl methyl sites for hydroxylation is 1. The molecule has 0 radical (unpaired) electrons. The number of nitrogens with zero attached hydrogens (tertiary/aromatic N) is 4. The molecule has 1 aromatic carbocycles. The summed E-state index contributed by atoms with van der Waals surface area (Å²) in [7, 11) is 0. The molecule has 1 aromatic heterocycles. The predicted molar refractivity (Wildman–Crippen MR) is 75.9 cm³/mol. The number of ether oxygens (including phenoxy) is 1. The van der Waals surface area contributed by atoms with Gasteiger partial charge in [0.05, 0.1) is 5.69 Å². The Hall–Kier alpha value is -1.95. The first-order valence-electron chi connectivity index (χ1n) is 6.98. The third kappa shape index (κ3) is 2.96. The van der Waals surface area contributed by atoms with Gasteiger partial charge in [-0.25, -0.2) is 4.68 Å². The van der Waals surface area contributed by atoms with Gasteiger partial charge in [-0.3, -0.25) is 0 Å². The first-order chi connectivity index (χ1) is 9.83. The molecule has 0 saturated carbocycles. The molecule has 1 aliphatic heterocycles. The van der Waals surface area contributed by atoms with Crippen LogP contribution in [0.5, 0.6) is 0 Å². The van der Waals surface area contributed by atoms with Crippen molar-refractivity contribution in [1.82, 2.24) is 20.2 Å². The molecule has 0 atom stereocenters. The van der Waals surface area contributed by atoms with E-state index in [4.69, 9.17) is 4.74 Å². The zero-order valence-electron chi connectivity index (χ0n) is 11.6. The van der Waals surface area contributed by atoms with Gasteiger partial charge in [-0.2, -0.15) is 0 Å². The maximum Gasteiger partial charge on any atom is 0.143 e. The minimum atomic E-state index is 0.694. The van der Waals surface area contributed by atoms with E-state index in [0.29, 0.717) is 5.92 Å². The fraction of sp³-hybridized carbons (Fsp3) is 0.500. The van der Waals surface area contributed by atoms with Crippen molar-refractivity contribution in [3.63, 3.8) is 0 Å². The Morgan fingerprint density at radius 1 is 1.35 bits per heavy atom. The third-order valence-corrected chi connectivity index (χ3v) is 3.76. The van der Waals surface area contributed by atoms with E-state index >= 15 is 0 Å². The number of tetrazole rings is 1. The smallest absolute Gasteiger partial charge is 0.143 e. The minimum absolute atomic E-state index is 0.694. The zero-order valence-corrected chi connectivity index (χ0v) is 11.6. The molecule has 0 bridgehead atoms. The fourth-order valence-electron chi connectivity index (χ4n) is 2.43. The number of anilines is 1. The summed E-state index contributed by atoms with van der Waals surface area (Å²) in [6, 6.07) is 6.19. The van der Waals surface area contributed by atoms with Crippen LogP contribution in [0.4, 0.5) is 5.69 Å². The molecule has 1 aliphatic rings. The van der Waals surface area contributed by atoms with Crippen molar-refractivity contribution < 1.29 is 4.74 Å². The van der Waals surface area contributed by atoms with E-state index in [1.165, 1.54) is 5.56 Å². The lowest BCUT2D eigenvalue weighted by atomic mass is 10.00. The summed E-state index contributed by atoms with van der Waals surface area (Å²) in [6.07, 6.45) is 3.88. The molecule has 0 amide bonds. The second-order valence-corrected chi connectivity index (χ2v) is 5.19. The summed E-state index contributed by atoms with van der Waals surface area (Å²) < 4.78 is 7.06. The van der Waals surface area contributed by atoms with E-state index in [1.54, 1.807) is 11.0 Å². The molecule has 1 fully saturated rings. The lowest BCUT2D eigenvalue weighted by Crippen LogP contribution is -2.22. The maximum atomic E-state index is 5.39. The standard InChI is InChI=1S/C14H19N5O/c1-11-2-3-13(19-10-16-17-18-19)8-14(11)15-9-12-4-6-20-7-5-12/h2-3,8,10,12,15H,4-7,9H2,1H3. The van der Waals surface area contributed by atoms with Crippen LogP contribution < -0.4 is 5.32 Å². The average Bonchev–Trinajstić information content (AvgIpc) is 3.02. The molecule has 2 heterocycles. The SMILES string of the molecule is Cc1ccc(-n2cnnn2)cc1NCC1CCOCC1. The van der Waals surface area contributed by atoms with Crippen molar-refractivity contribution in [1.29, 1.82) is 0 Å². The van der Waals surface area contributed by atoms with Crippen LogP contribution in [0.15, 0.2) is 24.5 Å². The van der Waals surface area contributed by atoms with Crippen LogP contribution >= 0.6 is 0 Å². The van der Waals surface area contributed by atoms with Gasteiger partial charge in [0.15, 0.2) is 0 Å². The molecule has 2 aromatic rings. The van der Waals surface area contributed by atoms with Crippen LogP contribution in [0.25, 0.3) is 5.69 Å². The highest BCUT2D eigenvalue weighted by atomic mass is 16.5. The first-order valence-corrected chi connectivity index (χ1v) is 6.98. The zero-order chi connectivity index (χ0) is 13.8. The van der Waals surface area contributed by atoms with Crippen LogP contribution in [0.2, 0.25) is 0 Å². The average molecular weight is 273 g/mol. The van der Waals surface area contributed by atoms with Crippen LogP contribution in [0.3, 0.4) is 0 Å². The molecule has 6 heteroatoms. The Balaban J connectivity index is 1.70. The van der Waals surface area contributed by atoms with Crippen LogP contribution in [0.1, 0.15) is 18.4 Å². The summed E-state index contributed by atoms with van der Waals surface area (Å²) in [5.74, 6) is 0.694. The molecule has 106 valence electrons. The molecular weight excluding hydrogens is 254 g/mol. The highest BCUT2D eigenvalue weighted by Gasteiger charge is 2.13. The van der Waals surface area contributed by atoms with Gasteiger partial charge in [0.2, 0.25) is 0 Å². The predicted octanol–water partition coefficient (Wildman–Crippen LogP) is 1.81. The van der Waals surface area contributed by atoms with Crippen molar-refractivity contribution in [3.05, 3.63) is 30.1 Å². The van der Waals surface area contributed by atoms with Crippen molar-refractivity contribution >= 4 is 5.69 Å². The molecule has 6 nitrogen and oxygen atoms in total. The highest BCUT2D eigenvalue weighted by Crippen LogP contribution is 2.21. The van der Waals surface area contributed by atoms with Crippen molar-refractivity contribution in [2.45, 2.75) is 19.8 Å². The lowest BCUT2D eigenvalue weighted by molar-refractivity contribution is 0.0699. The largest absolute Gasteiger partial charge is 0.384 e. The van der Waals surface area contributed by atoms with Crippen LogP contribution in [-0.2, 0) is 4.74 Å². The molecular formula is C14H19N5O. The number of rotatable bonds is 4. The van der Waals surface area contributed by atoms with Crippen molar-refractivity contribution in [3.8, 4) is 5.69 Å². The number of hydrogen-bond acceptors (Lipinski definition) is 5. The normalized spacial score (nSPS) is 16.2. The molecule has 20 heavy (non-hydrogen) atoms. The molecule has 0 unspecified atom stereocenters. The molecule has 1 N–H and O–H groups in total. The maximum absolute atomic E-state index is 5.39. The highest BCUT2D eigenvalue weighted by molar-refractivity contribution is 5.56. The summed E-state index contributed by atoms with van der Waals surface area (Å²) in [4.78, 5) is 0. The summed E-state index contributed by atoms with van der Waals surface area (Å²) in [6.45, 7) is 4.87. The Bertz CT molecular complexity index is 549. The Morgan fingerprint density at radius 2 is 2.20 bits per heavy atom. The van der Waals surface area contributed by atoms with E-state index in [9.17, 15) is 0 Å². The molecule has 3 rings (SSSR count). The van der Waals surface area contributed by atoms with E-state index in [-0.39, 0.29) is 0 Å². The summed E-state index contributed by atoms with van der Waals surface area (Å²) in [5, 5.41) is 14.8. The Labute approximate surface area is 118 Å². The second kappa shape index (κ2) is 6.00. The van der Waals surface area contributed by atoms with E-state index in [1.807, 2.05) is 6.07 Å². The third-order valence-electron chi connectivity index (χ3n) is 3.76. The van der Waals surface area contributed by atoms with E-state index < -0.39 is 0 Å². The van der Waals surface area contributed by atoms with Gasteiger partial charge >= 0.3 is 0 Å². The Kier molecular flexibility index (Phi) is 3.92. The minimum Gasteiger partial charge on any atom is -0.384 e. The second-order valence-electron chi connectivity index (χ2n) is 5.19. The van der Waals surface area contributed by atoms with Gasteiger partial charge in [0.25, 0.3) is 0 Å². The molecule has 1 saturated heterocycles. The number of benzene rings is 1. The molecule has 0 aliphatic carbocycles. The van der Waals surface area contributed by atoms with Gasteiger partial charge < -0.3 is 10.1 Å². The number of aromatic nitrogens is 4. The van der Waals surface area contributed by atoms with Gasteiger partial charge in [0.1, 0.15) is 6.33 Å². The number of hydrogen-bond donors (Lipinski definition) is 1. The van der Waals surface area contributed by atoms with Crippen molar-refractivity contribution in [2.24, 2.45) is 5.92 Å².